The topological polar surface area (TPSA) is 98.7 Å². The number of nitrogen functional groups attached to an aromatic ring is 1. The number of piperidine rings is 1. The summed E-state index contributed by atoms with van der Waals surface area (Å²) in [6, 6.07) is 6.48. The molecule has 0 saturated carbocycles. The first-order valence-corrected chi connectivity index (χ1v) is 13.2. The number of aromatic nitrogens is 3. The molecule has 1 amide bonds. The van der Waals surface area contributed by atoms with Crippen LogP contribution < -0.4 is 15.2 Å². The van der Waals surface area contributed by atoms with E-state index in [1.54, 1.807) is 0 Å². The standard InChI is InChI=1S/C29H32N6O3/c1-4-24(36)33-12-10-20(11-13-33)34-14-19(15-34)8-9-22-25(21-6-5-7-23-27(21)38-17-37-23)26-28(30)31-16-32-29(26)35(22)18(2)3/h4-7,16,18-20H,1,10-15,17H2,2-3H3,(H2,30,31,32). The minimum absolute atomic E-state index is 0.0264. The molecule has 196 valence electrons. The van der Waals surface area contributed by atoms with E-state index in [0.29, 0.717) is 23.4 Å². The molecule has 0 atom stereocenters. The van der Waals surface area contributed by atoms with E-state index in [1.807, 2.05) is 23.1 Å². The Morgan fingerprint density at radius 3 is 2.74 bits per heavy atom. The number of fused-ring (bicyclic) bond motifs is 2. The lowest BCUT2D eigenvalue weighted by atomic mass is 9.93. The number of likely N-dealkylation sites (tertiary alicyclic amines) is 2. The summed E-state index contributed by atoms with van der Waals surface area (Å²) in [6.45, 7) is 11.5. The number of para-hydroxylation sites is 1. The van der Waals surface area contributed by atoms with Gasteiger partial charge in [0.05, 0.1) is 5.39 Å². The molecule has 0 bridgehead atoms. The molecule has 3 aliphatic rings. The van der Waals surface area contributed by atoms with Crippen molar-refractivity contribution in [1.29, 1.82) is 0 Å². The Labute approximate surface area is 222 Å². The van der Waals surface area contributed by atoms with Crippen molar-refractivity contribution in [1.82, 2.24) is 24.3 Å². The second kappa shape index (κ2) is 9.69. The zero-order chi connectivity index (χ0) is 26.4. The number of nitrogens with two attached hydrogens (primary N) is 1. The minimum atomic E-state index is 0.0264. The number of ether oxygens (including phenoxy) is 2. The Bertz CT molecular complexity index is 1470. The number of carbonyl (C=O) groups excluding carboxylic acids is 1. The van der Waals surface area contributed by atoms with Crippen LogP contribution in [0.5, 0.6) is 11.5 Å². The van der Waals surface area contributed by atoms with Gasteiger partial charge in [0.25, 0.3) is 0 Å². The van der Waals surface area contributed by atoms with Crippen LogP contribution in [0, 0.1) is 17.8 Å². The molecule has 0 aliphatic carbocycles. The predicted octanol–water partition coefficient (Wildman–Crippen LogP) is 3.45. The third kappa shape index (κ3) is 4.05. The molecule has 38 heavy (non-hydrogen) atoms. The van der Waals surface area contributed by atoms with Gasteiger partial charge in [-0.1, -0.05) is 24.6 Å². The monoisotopic (exact) mass is 512 g/mol. The second-order valence-electron chi connectivity index (χ2n) is 10.4. The van der Waals surface area contributed by atoms with E-state index < -0.39 is 0 Å². The number of anilines is 1. The molecule has 9 heteroatoms. The van der Waals surface area contributed by atoms with E-state index in [-0.39, 0.29) is 24.7 Å². The van der Waals surface area contributed by atoms with E-state index in [0.717, 1.165) is 66.9 Å². The summed E-state index contributed by atoms with van der Waals surface area (Å²) in [5.41, 5.74) is 9.82. The Morgan fingerprint density at radius 2 is 2.00 bits per heavy atom. The predicted molar refractivity (Wildman–Crippen MR) is 146 cm³/mol. The van der Waals surface area contributed by atoms with Crippen molar-refractivity contribution in [3.05, 3.63) is 42.9 Å². The quantitative estimate of drug-likeness (QED) is 0.422. The average Bonchev–Trinajstić information content (AvgIpc) is 3.51. The molecule has 6 rings (SSSR count). The number of nitrogens with zero attached hydrogens (tertiary/aromatic N) is 5. The Kier molecular flexibility index (Phi) is 6.20. The zero-order valence-corrected chi connectivity index (χ0v) is 21.8. The van der Waals surface area contributed by atoms with E-state index in [2.05, 4.69) is 51.7 Å². The summed E-state index contributed by atoms with van der Waals surface area (Å²) in [5, 5.41) is 0.783. The fraction of sp³-hybridized carbons (Fsp3) is 0.414. The Hall–Kier alpha value is -4.03. The van der Waals surface area contributed by atoms with Crippen LogP contribution in [0.25, 0.3) is 22.2 Å². The van der Waals surface area contributed by atoms with Gasteiger partial charge < -0.3 is 24.7 Å². The van der Waals surface area contributed by atoms with E-state index in [9.17, 15) is 4.79 Å². The summed E-state index contributed by atoms with van der Waals surface area (Å²) in [7, 11) is 0. The lowest BCUT2D eigenvalue weighted by Crippen LogP contribution is -2.55. The van der Waals surface area contributed by atoms with Crippen LogP contribution in [-0.2, 0) is 4.79 Å². The van der Waals surface area contributed by atoms with Gasteiger partial charge in [-0.3, -0.25) is 9.69 Å². The van der Waals surface area contributed by atoms with Crippen LogP contribution in [0.4, 0.5) is 5.82 Å². The molecule has 3 aliphatic heterocycles. The number of amides is 1. The molecule has 0 spiro atoms. The summed E-state index contributed by atoms with van der Waals surface area (Å²) < 4.78 is 13.7. The highest BCUT2D eigenvalue weighted by atomic mass is 16.7. The maximum absolute atomic E-state index is 11.9. The number of hydrogen-bond donors (Lipinski definition) is 1. The highest BCUT2D eigenvalue weighted by Crippen LogP contribution is 2.46. The summed E-state index contributed by atoms with van der Waals surface area (Å²) >= 11 is 0. The van der Waals surface area contributed by atoms with Crippen molar-refractivity contribution < 1.29 is 14.3 Å². The molecule has 0 unspecified atom stereocenters. The van der Waals surface area contributed by atoms with Crippen LogP contribution in [-0.4, -0.2) is 69.3 Å². The van der Waals surface area contributed by atoms with Gasteiger partial charge in [-0.15, -0.1) is 0 Å². The largest absolute Gasteiger partial charge is 0.454 e. The van der Waals surface area contributed by atoms with Gasteiger partial charge in [0, 0.05) is 55.3 Å². The Morgan fingerprint density at radius 1 is 1.21 bits per heavy atom. The number of benzene rings is 1. The SMILES string of the molecule is C=CC(=O)N1CCC(N2CC(C#Cc3c(-c4cccc5c4OCO5)c4c(N)ncnc4n3C(C)C)C2)CC1. The smallest absolute Gasteiger partial charge is 0.245 e. The average molecular weight is 513 g/mol. The van der Waals surface area contributed by atoms with Crippen LogP contribution in [0.15, 0.2) is 37.2 Å². The molecule has 2 aromatic heterocycles. The van der Waals surface area contributed by atoms with Gasteiger partial charge >= 0.3 is 0 Å². The normalized spacial score (nSPS) is 17.9. The van der Waals surface area contributed by atoms with E-state index in [1.165, 1.54) is 12.4 Å². The first-order valence-electron chi connectivity index (χ1n) is 13.2. The molecule has 5 heterocycles. The third-order valence-electron chi connectivity index (χ3n) is 7.77. The van der Waals surface area contributed by atoms with Crippen molar-refractivity contribution in [2.24, 2.45) is 5.92 Å². The van der Waals surface area contributed by atoms with Gasteiger partial charge in [0.2, 0.25) is 12.7 Å². The van der Waals surface area contributed by atoms with Crippen LogP contribution in [0.2, 0.25) is 0 Å². The zero-order valence-electron chi connectivity index (χ0n) is 21.8. The van der Waals surface area contributed by atoms with Crippen LogP contribution >= 0.6 is 0 Å². The molecule has 1 aromatic carbocycles. The van der Waals surface area contributed by atoms with Gasteiger partial charge in [0.1, 0.15) is 23.5 Å². The number of rotatable bonds is 4. The highest BCUT2D eigenvalue weighted by Gasteiger charge is 2.34. The highest BCUT2D eigenvalue weighted by molar-refractivity contribution is 6.05. The first kappa shape index (κ1) is 24.3. The summed E-state index contributed by atoms with van der Waals surface area (Å²) in [4.78, 5) is 25.2. The molecule has 2 N–H and O–H groups in total. The van der Waals surface area contributed by atoms with Crippen molar-refractivity contribution in [3.63, 3.8) is 0 Å². The minimum Gasteiger partial charge on any atom is -0.454 e. The van der Waals surface area contributed by atoms with Crippen LogP contribution in [0.1, 0.15) is 38.4 Å². The summed E-state index contributed by atoms with van der Waals surface area (Å²) in [5.74, 6) is 9.19. The van der Waals surface area contributed by atoms with Crippen molar-refractivity contribution in [2.75, 3.05) is 38.7 Å². The molecule has 0 radical (unpaired) electrons. The van der Waals surface area contributed by atoms with Crippen molar-refractivity contribution >= 4 is 22.8 Å². The van der Waals surface area contributed by atoms with Gasteiger partial charge in [-0.25, -0.2) is 9.97 Å². The van der Waals surface area contributed by atoms with E-state index >= 15 is 0 Å². The molecule has 9 nitrogen and oxygen atoms in total. The lowest BCUT2D eigenvalue weighted by Gasteiger charge is -2.45. The molecule has 2 fully saturated rings. The van der Waals surface area contributed by atoms with Gasteiger partial charge in [-0.2, -0.15) is 0 Å². The maximum atomic E-state index is 11.9. The summed E-state index contributed by atoms with van der Waals surface area (Å²) in [6.07, 6.45) is 4.89. The maximum Gasteiger partial charge on any atom is 0.245 e. The lowest BCUT2D eigenvalue weighted by molar-refractivity contribution is -0.127. The molecular formula is C29H32N6O3. The molecule has 3 aromatic rings. The number of hydrogen-bond acceptors (Lipinski definition) is 7. The van der Waals surface area contributed by atoms with Crippen LogP contribution in [0.3, 0.4) is 0 Å². The fourth-order valence-electron chi connectivity index (χ4n) is 5.82. The molecule has 2 saturated heterocycles. The fourth-order valence-corrected chi connectivity index (χ4v) is 5.82. The Balaban J connectivity index is 1.31. The first-order chi connectivity index (χ1) is 18.5. The second-order valence-corrected chi connectivity index (χ2v) is 10.4. The van der Waals surface area contributed by atoms with Crippen molar-refractivity contribution in [2.45, 2.75) is 38.8 Å². The molecular weight excluding hydrogens is 480 g/mol. The van der Waals surface area contributed by atoms with Gasteiger partial charge in [0.15, 0.2) is 11.5 Å². The van der Waals surface area contributed by atoms with Crippen molar-refractivity contribution in [3.8, 4) is 34.5 Å². The third-order valence-corrected chi connectivity index (χ3v) is 7.77. The number of carbonyl (C=O) groups is 1. The van der Waals surface area contributed by atoms with E-state index in [4.69, 9.17) is 15.2 Å². The van der Waals surface area contributed by atoms with Gasteiger partial charge in [-0.05, 0) is 44.8 Å².